The molecule has 0 aromatic carbocycles. The second kappa shape index (κ2) is 5.05. The van der Waals surface area contributed by atoms with E-state index in [4.69, 9.17) is 5.73 Å². The maximum Gasteiger partial charge on any atom is 0.0166 e. The van der Waals surface area contributed by atoms with Gasteiger partial charge in [-0.3, -0.25) is 0 Å². The van der Waals surface area contributed by atoms with E-state index >= 15 is 0 Å². The van der Waals surface area contributed by atoms with Gasteiger partial charge in [0.1, 0.15) is 0 Å². The molecule has 1 aliphatic heterocycles. The van der Waals surface area contributed by atoms with Gasteiger partial charge in [-0.05, 0) is 44.6 Å². The van der Waals surface area contributed by atoms with Crippen molar-refractivity contribution in [3.63, 3.8) is 0 Å². The van der Waals surface area contributed by atoms with Crippen molar-refractivity contribution in [2.24, 2.45) is 11.7 Å². The Morgan fingerprint density at radius 2 is 1.94 bits per heavy atom. The topological polar surface area (TPSA) is 29.3 Å². The number of rotatable bonds is 4. The zero-order chi connectivity index (χ0) is 11.6. The fourth-order valence-corrected chi connectivity index (χ4v) is 3.58. The highest BCUT2D eigenvalue weighted by Gasteiger charge is 2.32. The minimum Gasteiger partial charge on any atom is -0.325 e. The average Bonchev–Trinajstić information content (AvgIpc) is 2.83. The second-order valence-corrected chi connectivity index (χ2v) is 6.31. The minimum absolute atomic E-state index is 0.185. The lowest BCUT2D eigenvalue weighted by Crippen LogP contribution is -2.42. The van der Waals surface area contributed by atoms with Crippen molar-refractivity contribution >= 4 is 0 Å². The van der Waals surface area contributed by atoms with Gasteiger partial charge in [0.15, 0.2) is 0 Å². The largest absolute Gasteiger partial charge is 0.325 e. The van der Waals surface area contributed by atoms with Gasteiger partial charge in [-0.2, -0.15) is 0 Å². The Labute approximate surface area is 101 Å². The molecule has 2 nitrogen and oxygen atoms in total. The Morgan fingerprint density at radius 3 is 2.56 bits per heavy atom. The third kappa shape index (κ3) is 2.78. The summed E-state index contributed by atoms with van der Waals surface area (Å²) in [5.74, 6) is 0.805. The highest BCUT2D eigenvalue weighted by atomic mass is 15.2. The van der Waals surface area contributed by atoms with Gasteiger partial charge < -0.3 is 10.6 Å². The van der Waals surface area contributed by atoms with Crippen molar-refractivity contribution in [1.82, 2.24) is 4.90 Å². The third-order valence-electron chi connectivity index (χ3n) is 4.68. The van der Waals surface area contributed by atoms with E-state index in [-0.39, 0.29) is 5.54 Å². The Kier molecular flexibility index (Phi) is 3.91. The van der Waals surface area contributed by atoms with Crippen LogP contribution in [-0.4, -0.2) is 29.6 Å². The predicted molar refractivity (Wildman–Crippen MR) is 69.4 cm³/mol. The lowest BCUT2D eigenvalue weighted by Gasteiger charge is -2.31. The van der Waals surface area contributed by atoms with Gasteiger partial charge in [-0.15, -0.1) is 0 Å². The van der Waals surface area contributed by atoms with E-state index in [2.05, 4.69) is 18.7 Å². The summed E-state index contributed by atoms with van der Waals surface area (Å²) in [7, 11) is 0. The van der Waals surface area contributed by atoms with Crippen molar-refractivity contribution in [2.45, 2.75) is 70.4 Å². The van der Waals surface area contributed by atoms with Crippen molar-refractivity contribution in [2.75, 3.05) is 13.1 Å². The molecule has 2 heteroatoms. The van der Waals surface area contributed by atoms with Gasteiger partial charge in [-0.1, -0.05) is 26.7 Å². The molecule has 2 N–H and O–H groups in total. The summed E-state index contributed by atoms with van der Waals surface area (Å²) >= 11 is 0. The van der Waals surface area contributed by atoms with E-state index in [0.29, 0.717) is 0 Å². The molecule has 2 fully saturated rings. The molecular weight excluding hydrogens is 196 g/mol. The van der Waals surface area contributed by atoms with Gasteiger partial charge in [0.25, 0.3) is 0 Å². The molecule has 1 unspecified atom stereocenters. The Morgan fingerprint density at radius 1 is 1.25 bits per heavy atom. The van der Waals surface area contributed by atoms with Crippen LogP contribution in [0.25, 0.3) is 0 Å². The van der Waals surface area contributed by atoms with Crippen molar-refractivity contribution in [1.29, 1.82) is 0 Å². The first-order valence-corrected chi connectivity index (χ1v) is 7.14. The smallest absolute Gasteiger partial charge is 0.0166 e. The molecule has 0 aromatic heterocycles. The summed E-state index contributed by atoms with van der Waals surface area (Å²) in [4.78, 5) is 2.69. The molecule has 0 bridgehead atoms. The van der Waals surface area contributed by atoms with Gasteiger partial charge in [0.2, 0.25) is 0 Å². The number of hydrogen-bond acceptors (Lipinski definition) is 2. The molecule has 0 amide bonds. The molecule has 94 valence electrons. The normalized spacial score (nSPS) is 30.4. The predicted octanol–water partition coefficient (Wildman–Crippen LogP) is 2.77. The lowest BCUT2D eigenvalue weighted by atomic mass is 9.94. The number of likely N-dealkylation sites (tertiary alicyclic amines) is 1. The Hall–Kier alpha value is -0.0800. The maximum absolute atomic E-state index is 6.43. The molecule has 1 atom stereocenters. The van der Waals surface area contributed by atoms with Crippen molar-refractivity contribution in [3.8, 4) is 0 Å². The fraction of sp³-hybridized carbons (Fsp3) is 1.00. The first-order chi connectivity index (χ1) is 7.61. The van der Waals surface area contributed by atoms with Gasteiger partial charge in [0, 0.05) is 18.1 Å². The van der Waals surface area contributed by atoms with Crippen LogP contribution in [0.1, 0.15) is 58.8 Å². The summed E-state index contributed by atoms with van der Waals surface area (Å²) < 4.78 is 0. The van der Waals surface area contributed by atoms with Crippen molar-refractivity contribution in [3.05, 3.63) is 0 Å². The summed E-state index contributed by atoms with van der Waals surface area (Å²) in [6.07, 6.45) is 9.22. The van der Waals surface area contributed by atoms with Crippen LogP contribution in [0.2, 0.25) is 0 Å². The number of nitrogens with two attached hydrogens (primary N) is 1. The van der Waals surface area contributed by atoms with Crippen molar-refractivity contribution < 1.29 is 0 Å². The van der Waals surface area contributed by atoms with Crippen LogP contribution >= 0.6 is 0 Å². The highest BCUT2D eigenvalue weighted by Crippen LogP contribution is 2.32. The summed E-state index contributed by atoms with van der Waals surface area (Å²) in [5, 5.41) is 0. The summed E-state index contributed by atoms with van der Waals surface area (Å²) in [5.41, 5.74) is 6.62. The maximum atomic E-state index is 6.43. The molecule has 2 aliphatic rings. The highest BCUT2D eigenvalue weighted by molar-refractivity contribution is 4.91. The monoisotopic (exact) mass is 224 g/mol. The zero-order valence-electron chi connectivity index (χ0n) is 11.0. The van der Waals surface area contributed by atoms with Gasteiger partial charge in [0.05, 0.1) is 0 Å². The zero-order valence-corrected chi connectivity index (χ0v) is 11.0. The van der Waals surface area contributed by atoms with Crippen LogP contribution in [0.5, 0.6) is 0 Å². The third-order valence-corrected chi connectivity index (χ3v) is 4.68. The molecule has 16 heavy (non-hydrogen) atoms. The van der Waals surface area contributed by atoms with Gasteiger partial charge >= 0.3 is 0 Å². The number of hydrogen-bond donors (Lipinski definition) is 1. The number of nitrogens with zero attached hydrogens (tertiary/aromatic N) is 1. The first kappa shape index (κ1) is 12.4. The van der Waals surface area contributed by atoms with E-state index in [0.717, 1.165) is 12.0 Å². The summed E-state index contributed by atoms with van der Waals surface area (Å²) in [6, 6.07) is 0.824. The molecule has 1 saturated carbocycles. The van der Waals surface area contributed by atoms with Crippen LogP contribution in [0, 0.1) is 5.92 Å². The second-order valence-electron chi connectivity index (χ2n) is 6.31. The minimum atomic E-state index is 0.185. The molecule has 1 aliphatic carbocycles. The summed E-state index contributed by atoms with van der Waals surface area (Å²) in [6.45, 7) is 7.26. The van der Waals surface area contributed by atoms with Crippen LogP contribution in [-0.2, 0) is 0 Å². The molecule has 0 radical (unpaired) electrons. The molecule has 1 saturated heterocycles. The lowest BCUT2D eigenvalue weighted by molar-refractivity contribution is 0.186. The standard InChI is InChI=1S/C14H28N2/c1-12(2)13-6-5-10-16(13)11-9-14(15)7-3-4-8-14/h12-13H,3-11,15H2,1-2H3. The van der Waals surface area contributed by atoms with E-state index in [9.17, 15) is 0 Å². The SMILES string of the molecule is CC(C)C1CCCN1CCC1(N)CCCC1. The molecular formula is C14H28N2. The Balaban J connectivity index is 1.80. The fourth-order valence-electron chi connectivity index (χ4n) is 3.58. The van der Waals surface area contributed by atoms with E-state index < -0.39 is 0 Å². The van der Waals surface area contributed by atoms with E-state index in [1.54, 1.807) is 0 Å². The quantitative estimate of drug-likeness (QED) is 0.795. The molecule has 0 spiro atoms. The molecule has 2 rings (SSSR count). The van der Waals surface area contributed by atoms with Crippen LogP contribution in [0.3, 0.4) is 0 Å². The van der Waals surface area contributed by atoms with E-state index in [1.807, 2.05) is 0 Å². The van der Waals surface area contributed by atoms with E-state index in [1.165, 1.54) is 58.0 Å². The van der Waals surface area contributed by atoms with Gasteiger partial charge in [-0.25, -0.2) is 0 Å². The molecule has 0 aromatic rings. The first-order valence-electron chi connectivity index (χ1n) is 7.14. The van der Waals surface area contributed by atoms with Crippen LogP contribution in [0.15, 0.2) is 0 Å². The Bertz CT molecular complexity index is 219. The van der Waals surface area contributed by atoms with Crippen LogP contribution in [0.4, 0.5) is 0 Å². The average molecular weight is 224 g/mol. The molecule has 1 heterocycles. The van der Waals surface area contributed by atoms with Crippen LogP contribution < -0.4 is 5.73 Å².